The maximum absolute atomic E-state index is 10.5. The number of ether oxygens (including phenoxy) is 1. The second-order valence-electron chi connectivity index (χ2n) is 2.28. The van der Waals surface area contributed by atoms with Gasteiger partial charge in [-0.25, -0.2) is 4.79 Å². The molecule has 0 spiro atoms. The SMILES string of the molecule is CCCOC1(C(=O)O)OS(=O)(=O)O1. The molecule has 0 saturated carbocycles. The summed E-state index contributed by atoms with van der Waals surface area (Å²) in [6, 6.07) is 0. The van der Waals surface area contributed by atoms with Gasteiger partial charge in [0.25, 0.3) is 0 Å². The van der Waals surface area contributed by atoms with Crippen molar-refractivity contribution in [1.29, 1.82) is 0 Å². The lowest BCUT2D eigenvalue weighted by atomic mass is 10.5. The molecule has 1 heterocycles. The fourth-order valence-electron chi connectivity index (χ4n) is 0.693. The summed E-state index contributed by atoms with van der Waals surface area (Å²) in [5.74, 6) is -4.09. The molecule has 8 heteroatoms. The predicted molar refractivity (Wildman–Crippen MR) is 37.7 cm³/mol. The number of carboxylic acid groups (broad SMARTS) is 1. The molecule has 0 aliphatic carbocycles. The van der Waals surface area contributed by atoms with Gasteiger partial charge in [0.15, 0.2) is 0 Å². The Kier molecular flexibility index (Phi) is 2.57. The van der Waals surface area contributed by atoms with Crippen LogP contribution >= 0.6 is 0 Å². The first-order chi connectivity index (χ1) is 5.92. The van der Waals surface area contributed by atoms with Gasteiger partial charge < -0.3 is 9.84 Å². The maximum Gasteiger partial charge on any atom is 0.419 e. The van der Waals surface area contributed by atoms with E-state index in [9.17, 15) is 13.2 Å². The number of hydrogen-bond acceptors (Lipinski definition) is 6. The Bertz CT molecular complexity index is 293. The van der Waals surface area contributed by atoms with Crippen LogP contribution in [0.25, 0.3) is 0 Å². The molecule has 0 bridgehead atoms. The van der Waals surface area contributed by atoms with E-state index in [1.165, 1.54) is 0 Å². The highest BCUT2D eigenvalue weighted by molar-refractivity contribution is 7.82. The Morgan fingerprint density at radius 1 is 1.54 bits per heavy atom. The molecular formula is C5H8O7S. The molecule has 0 radical (unpaired) electrons. The fraction of sp³-hybridized carbons (Fsp3) is 0.800. The van der Waals surface area contributed by atoms with Crippen molar-refractivity contribution in [3.63, 3.8) is 0 Å². The molecule has 1 saturated heterocycles. The summed E-state index contributed by atoms with van der Waals surface area (Å²) in [4.78, 5) is 10.5. The Morgan fingerprint density at radius 3 is 2.38 bits per heavy atom. The molecule has 0 atom stereocenters. The molecule has 0 aromatic heterocycles. The highest BCUT2D eigenvalue weighted by Crippen LogP contribution is 2.32. The summed E-state index contributed by atoms with van der Waals surface area (Å²) in [6.45, 7) is 1.75. The highest BCUT2D eigenvalue weighted by atomic mass is 32.3. The third-order valence-electron chi connectivity index (χ3n) is 1.18. The van der Waals surface area contributed by atoms with Gasteiger partial charge in [0, 0.05) is 0 Å². The summed E-state index contributed by atoms with van der Waals surface area (Å²) >= 11 is 0. The minimum absolute atomic E-state index is 0.0296. The van der Waals surface area contributed by atoms with Gasteiger partial charge >= 0.3 is 22.3 Å². The maximum atomic E-state index is 10.5. The molecule has 1 rings (SSSR count). The lowest BCUT2D eigenvalue weighted by molar-refractivity contribution is -0.334. The van der Waals surface area contributed by atoms with Gasteiger partial charge in [-0.3, -0.25) is 0 Å². The zero-order chi connectivity index (χ0) is 10.1. The van der Waals surface area contributed by atoms with Gasteiger partial charge in [0.1, 0.15) is 0 Å². The molecule has 0 amide bonds. The van der Waals surface area contributed by atoms with E-state index < -0.39 is 22.3 Å². The first kappa shape index (κ1) is 10.4. The van der Waals surface area contributed by atoms with Crippen molar-refractivity contribution in [3.8, 4) is 0 Å². The van der Waals surface area contributed by atoms with Crippen LogP contribution in [0.5, 0.6) is 0 Å². The minimum atomic E-state index is -4.17. The van der Waals surface area contributed by atoms with Crippen LogP contribution in [-0.2, 0) is 28.3 Å². The summed E-state index contributed by atoms with van der Waals surface area (Å²) in [5.41, 5.74) is 0. The average molecular weight is 212 g/mol. The Hall–Kier alpha value is -0.700. The van der Waals surface area contributed by atoms with Gasteiger partial charge in [-0.2, -0.15) is 16.8 Å². The highest BCUT2D eigenvalue weighted by Gasteiger charge is 2.61. The fourth-order valence-corrected chi connectivity index (χ4v) is 1.48. The normalized spacial score (nSPS) is 23.5. The van der Waals surface area contributed by atoms with E-state index in [2.05, 4.69) is 13.1 Å². The summed E-state index contributed by atoms with van der Waals surface area (Å²) in [7, 11) is -4.17. The molecule has 1 fully saturated rings. The van der Waals surface area contributed by atoms with Crippen LogP contribution < -0.4 is 0 Å². The van der Waals surface area contributed by atoms with Crippen molar-refractivity contribution in [3.05, 3.63) is 0 Å². The molecule has 0 aromatic rings. The second-order valence-corrected chi connectivity index (χ2v) is 3.43. The van der Waals surface area contributed by atoms with Crippen molar-refractivity contribution in [1.82, 2.24) is 0 Å². The predicted octanol–water partition coefficient (Wildman–Crippen LogP) is -0.557. The molecular weight excluding hydrogens is 204 g/mol. The largest absolute Gasteiger partial charge is 0.475 e. The van der Waals surface area contributed by atoms with Crippen LogP contribution in [0, 0.1) is 0 Å². The molecule has 1 aliphatic heterocycles. The van der Waals surface area contributed by atoms with Crippen LogP contribution in [0.3, 0.4) is 0 Å². The van der Waals surface area contributed by atoms with E-state index in [1.807, 2.05) is 0 Å². The molecule has 0 aromatic carbocycles. The molecule has 1 N–H and O–H groups in total. The Balaban J connectivity index is 2.65. The first-order valence-corrected chi connectivity index (χ1v) is 4.79. The van der Waals surface area contributed by atoms with Crippen molar-refractivity contribution >= 4 is 16.4 Å². The third kappa shape index (κ3) is 1.97. The second kappa shape index (κ2) is 3.22. The Labute approximate surface area is 74.5 Å². The topological polar surface area (TPSA) is 99.1 Å². The van der Waals surface area contributed by atoms with Crippen LogP contribution in [0.4, 0.5) is 0 Å². The lowest BCUT2D eigenvalue weighted by Gasteiger charge is -2.33. The third-order valence-corrected chi connectivity index (χ3v) is 2.03. The van der Waals surface area contributed by atoms with Crippen molar-refractivity contribution in [2.45, 2.75) is 19.3 Å². The smallest absolute Gasteiger partial charge is 0.419 e. The Morgan fingerprint density at radius 2 is 2.08 bits per heavy atom. The molecule has 76 valence electrons. The van der Waals surface area contributed by atoms with Gasteiger partial charge in [-0.15, -0.1) is 0 Å². The van der Waals surface area contributed by atoms with Crippen LogP contribution in [0.2, 0.25) is 0 Å². The average Bonchev–Trinajstić information content (AvgIpc) is 1.95. The van der Waals surface area contributed by atoms with Crippen LogP contribution in [-0.4, -0.2) is 32.1 Å². The molecule has 7 nitrogen and oxygen atoms in total. The summed E-state index contributed by atoms with van der Waals surface area (Å²) in [6.07, 6.45) is 0.516. The standard InChI is InChI=1S/C5H8O7S/c1-2-3-10-5(4(6)7)11-13(8,9)12-5/h2-3H2,1H3,(H,6,7). The molecule has 13 heavy (non-hydrogen) atoms. The van der Waals surface area contributed by atoms with E-state index in [-0.39, 0.29) is 6.61 Å². The van der Waals surface area contributed by atoms with Crippen molar-refractivity contribution in [2.24, 2.45) is 0 Å². The zero-order valence-corrected chi connectivity index (χ0v) is 7.54. The van der Waals surface area contributed by atoms with E-state index in [4.69, 9.17) is 5.11 Å². The van der Waals surface area contributed by atoms with Gasteiger partial charge in [0.2, 0.25) is 0 Å². The van der Waals surface area contributed by atoms with Crippen LogP contribution in [0.1, 0.15) is 13.3 Å². The minimum Gasteiger partial charge on any atom is -0.475 e. The zero-order valence-electron chi connectivity index (χ0n) is 6.72. The molecule has 1 aliphatic rings. The van der Waals surface area contributed by atoms with Gasteiger partial charge in [-0.05, 0) is 6.42 Å². The first-order valence-electron chi connectivity index (χ1n) is 3.45. The number of carbonyl (C=O) groups is 1. The van der Waals surface area contributed by atoms with Gasteiger partial charge in [-0.1, -0.05) is 6.92 Å². The van der Waals surface area contributed by atoms with Gasteiger partial charge in [0.05, 0.1) is 6.61 Å². The number of aliphatic carboxylic acids is 1. The number of carboxylic acids is 1. The van der Waals surface area contributed by atoms with Crippen molar-refractivity contribution < 1.29 is 31.4 Å². The van der Waals surface area contributed by atoms with Crippen LogP contribution in [0.15, 0.2) is 0 Å². The lowest BCUT2D eigenvalue weighted by Crippen LogP contribution is -2.58. The number of hydrogen-bond donors (Lipinski definition) is 1. The van der Waals surface area contributed by atoms with E-state index >= 15 is 0 Å². The monoisotopic (exact) mass is 212 g/mol. The van der Waals surface area contributed by atoms with Crippen molar-refractivity contribution in [2.75, 3.05) is 6.61 Å². The van der Waals surface area contributed by atoms with E-state index in [0.717, 1.165) is 0 Å². The van der Waals surface area contributed by atoms with E-state index in [0.29, 0.717) is 6.42 Å². The number of rotatable bonds is 4. The van der Waals surface area contributed by atoms with E-state index in [1.54, 1.807) is 6.92 Å². The quantitative estimate of drug-likeness (QED) is 0.666. The summed E-state index contributed by atoms with van der Waals surface area (Å²) < 4.78 is 33.4. The molecule has 0 unspecified atom stereocenters. The summed E-state index contributed by atoms with van der Waals surface area (Å²) in [5, 5.41) is 8.50.